The lowest BCUT2D eigenvalue weighted by molar-refractivity contribution is -0.137. The number of hydrogen-bond donors (Lipinski definition) is 0. The lowest BCUT2D eigenvalue weighted by Gasteiger charge is -2.26. The molecule has 1 atom stereocenters. The average Bonchev–Trinajstić information content (AvgIpc) is 3.44. The molecule has 5 rings (SSSR count). The lowest BCUT2D eigenvalue weighted by atomic mass is 9.96. The third-order valence-electron chi connectivity index (χ3n) is 5.96. The summed E-state index contributed by atoms with van der Waals surface area (Å²) in [6.45, 7) is 4.71. The third kappa shape index (κ3) is 3.77. The Labute approximate surface area is 203 Å². The number of carbonyl (C=O) groups is 1. The molecule has 0 saturated carbocycles. The molecule has 0 saturated heterocycles. The van der Waals surface area contributed by atoms with Crippen LogP contribution in [-0.4, -0.2) is 51.2 Å². The molecule has 1 aliphatic rings. The van der Waals surface area contributed by atoms with Crippen molar-refractivity contribution >= 4 is 45.1 Å². The van der Waals surface area contributed by atoms with Gasteiger partial charge in [-0.1, -0.05) is 25.6 Å². The Morgan fingerprint density at radius 2 is 2.03 bits per heavy atom. The van der Waals surface area contributed by atoms with E-state index in [1.54, 1.807) is 23.8 Å². The normalized spacial score (nSPS) is 15.7. The number of benzene rings is 1. The fourth-order valence-electron chi connectivity index (χ4n) is 4.11. The first-order valence-electron chi connectivity index (χ1n) is 10.8. The zero-order valence-corrected chi connectivity index (χ0v) is 20.9. The van der Waals surface area contributed by atoms with Crippen molar-refractivity contribution in [2.24, 2.45) is 5.92 Å². The Balaban J connectivity index is 1.78. The summed E-state index contributed by atoms with van der Waals surface area (Å²) in [7, 11) is 2.95. The van der Waals surface area contributed by atoms with Gasteiger partial charge in [-0.05, 0) is 35.7 Å². The minimum atomic E-state index is -0.361. The molecule has 0 radical (unpaired) electrons. The molecular weight excluding hydrogens is 476 g/mol. The topological polar surface area (TPSA) is 97.0 Å². The molecule has 1 aliphatic heterocycles. The highest BCUT2D eigenvalue weighted by atomic mass is 32.2. The van der Waals surface area contributed by atoms with E-state index in [9.17, 15) is 9.59 Å². The summed E-state index contributed by atoms with van der Waals surface area (Å²) in [6, 6.07) is 7.25. The second-order valence-corrected chi connectivity index (χ2v) is 10.3. The van der Waals surface area contributed by atoms with Crippen LogP contribution in [0.25, 0.3) is 21.7 Å². The molecule has 4 heterocycles. The highest BCUT2D eigenvalue weighted by molar-refractivity contribution is 7.99. The second-order valence-electron chi connectivity index (χ2n) is 8.30. The summed E-state index contributed by atoms with van der Waals surface area (Å²) in [5.74, 6) is 1.13. The number of esters is 1. The fourth-order valence-corrected chi connectivity index (χ4v) is 6.17. The van der Waals surface area contributed by atoms with Gasteiger partial charge in [0, 0.05) is 11.3 Å². The van der Waals surface area contributed by atoms with Crippen LogP contribution in [-0.2, 0) is 27.3 Å². The monoisotopic (exact) mass is 500 g/mol. The van der Waals surface area contributed by atoms with E-state index < -0.39 is 0 Å². The van der Waals surface area contributed by atoms with Crippen molar-refractivity contribution < 1.29 is 19.0 Å². The number of fused-ring (bicyclic) bond motifs is 5. The molecule has 0 unspecified atom stereocenters. The quantitative estimate of drug-likeness (QED) is 0.293. The lowest BCUT2D eigenvalue weighted by Crippen LogP contribution is -2.28. The molecule has 0 aliphatic carbocycles. The summed E-state index contributed by atoms with van der Waals surface area (Å²) in [5, 5.41) is 9.84. The van der Waals surface area contributed by atoms with Crippen molar-refractivity contribution in [3.05, 3.63) is 45.1 Å². The van der Waals surface area contributed by atoms with E-state index in [-0.39, 0.29) is 23.4 Å². The highest BCUT2D eigenvalue weighted by Crippen LogP contribution is 2.37. The van der Waals surface area contributed by atoms with Crippen molar-refractivity contribution in [1.29, 1.82) is 0 Å². The first-order valence-corrected chi connectivity index (χ1v) is 12.6. The van der Waals surface area contributed by atoms with E-state index in [1.807, 2.05) is 16.5 Å². The van der Waals surface area contributed by atoms with Crippen LogP contribution in [0, 0.1) is 5.92 Å². The Kier molecular flexibility index (Phi) is 6.09. The van der Waals surface area contributed by atoms with Gasteiger partial charge in [-0.25, -0.2) is 8.97 Å². The molecular formula is C23H24N4O5S2. The van der Waals surface area contributed by atoms with Crippen LogP contribution in [0.4, 0.5) is 0 Å². The van der Waals surface area contributed by atoms with Crippen molar-refractivity contribution in [2.45, 2.75) is 38.1 Å². The predicted octanol–water partition coefficient (Wildman–Crippen LogP) is 3.47. The Bertz CT molecular complexity index is 1440. The number of thioether (sulfide) groups is 1. The van der Waals surface area contributed by atoms with Crippen molar-refractivity contribution in [1.82, 2.24) is 19.2 Å². The van der Waals surface area contributed by atoms with Crippen molar-refractivity contribution in [3.63, 3.8) is 0 Å². The number of carbonyl (C=O) groups excluding carboxylic acids is 1. The van der Waals surface area contributed by atoms with Gasteiger partial charge in [0.15, 0.2) is 5.16 Å². The predicted molar refractivity (Wildman–Crippen MR) is 130 cm³/mol. The van der Waals surface area contributed by atoms with Crippen LogP contribution in [0.2, 0.25) is 0 Å². The zero-order chi connectivity index (χ0) is 24.0. The summed E-state index contributed by atoms with van der Waals surface area (Å²) in [4.78, 5) is 27.6. The van der Waals surface area contributed by atoms with Crippen LogP contribution in [0.3, 0.4) is 0 Å². The first-order chi connectivity index (χ1) is 16.4. The van der Waals surface area contributed by atoms with Gasteiger partial charge in [0.05, 0.1) is 43.8 Å². The maximum Gasteiger partial charge on any atom is 0.316 e. The average molecular weight is 501 g/mol. The molecule has 178 valence electrons. The van der Waals surface area contributed by atoms with Gasteiger partial charge in [0.2, 0.25) is 5.78 Å². The van der Waals surface area contributed by atoms with Crippen molar-refractivity contribution in [2.75, 3.05) is 20.0 Å². The van der Waals surface area contributed by atoms with Gasteiger partial charge >= 0.3 is 5.97 Å². The van der Waals surface area contributed by atoms with Crippen LogP contribution in [0.5, 0.6) is 5.75 Å². The maximum absolute atomic E-state index is 14.0. The van der Waals surface area contributed by atoms with E-state index in [4.69, 9.17) is 14.2 Å². The van der Waals surface area contributed by atoms with E-state index >= 15 is 0 Å². The number of ether oxygens (including phenoxy) is 3. The molecule has 9 nitrogen and oxygen atoms in total. The van der Waals surface area contributed by atoms with Crippen LogP contribution >= 0.6 is 23.1 Å². The minimum Gasteiger partial charge on any atom is -0.497 e. The maximum atomic E-state index is 14.0. The molecule has 0 spiro atoms. The number of hydrogen-bond acceptors (Lipinski definition) is 9. The summed E-state index contributed by atoms with van der Waals surface area (Å²) in [5.41, 5.74) is 1.53. The van der Waals surface area contributed by atoms with E-state index in [0.29, 0.717) is 46.7 Å². The summed E-state index contributed by atoms with van der Waals surface area (Å²) >= 11 is 2.75. The number of thiophene rings is 1. The van der Waals surface area contributed by atoms with E-state index in [1.165, 1.54) is 30.2 Å². The van der Waals surface area contributed by atoms with Crippen molar-refractivity contribution in [3.8, 4) is 11.4 Å². The largest absolute Gasteiger partial charge is 0.497 e. The zero-order valence-electron chi connectivity index (χ0n) is 19.2. The summed E-state index contributed by atoms with van der Waals surface area (Å²) in [6.07, 6.45) is 0.715. The van der Waals surface area contributed by atoms with Gasteiger partial charge in [-0.2, -0.15) is 0 Å². The molecule has 1 aromatic carbocycles. The van der Waals surface area contributed by atoms with Gasteiger partial charge in [-0.3, -0.25) is 9.59 Å². The highest BCUT2D eigenvalue weighted by Gasteiger charge is 2.30. The Morgan fingerprint density at radius 3 is 2.71 bits per heavy atom. The molecule has 0 N–H and O–H groups in total. The third-order valence-corrected chi connectivity index (χ3v) is 8.06. The number of aromatic nitrogens is 4. The summed E-state index contributed by atoms with van der Waals surface area (Å²) < 4.78 is 19.6. The molecule has 0 fully saturated rings. The standard InChI is InChI=1S/C23H24N4O5S2/c1-12(2)16-9-15-17(10-32-16)34-21-19(15)20(29)26(13-5-7-14(30-3)8-6-13)22-24-25-23(27(21)22)33-11-18(28)31-4/h5-8,12,16H,9-11H2,1-4H3/t16-/m1/s1. The minimum absolute atomic E-state index is 0.0453. The first kappa shape index (κ1) is 22.9. The molecule has 11 heteroatoms. The molecule has 0 bridgehead atoms. The SMILES string of the molecule is COC(=O)CSc1nnc2n(-c3ccc(OC)cc3)c(=O)c3c4c(sc3n12)CO[C@@H](C(C)C)C4. The molecule has 34 heavy (non-hydrogen) atoms. The number of nitrogens with zero attached hydrogens (tertiary/aromatic N) is 4. The van der Waals surface area contributed by atoms with Crippen LogP contribution in [0.15, 0.2) is 34.2 Å². The van der Waals surface area contributed by atoms with Gasteiger partial charge in [0.25, 0.3) is 5.56 Å². The van der Waals surface area contributed by atoms with Crippen LogP contribution < -0.4 is 10.3 Å². The molecule has 0 amide bonds. The van der Waals surface area contributed by atoms with Gasteiger partial charge < -0.3 is 14.2 Å². The van der Waals surface area contributed by atoms with E-state index in [2.05, 4.69) is 24.0 Å². The Hall–Kier alpha value is -2.89. The van der Waals surface area contributed by atoms with Crippen LogP contribution in [0.1, 0.15) is 24.3 Å². The Morgan fingerprint density at radius 1 is 1.26 bits per heavy atom. The fraction of sp³-hybridized carbons (Fsp3) is 0.391. The van der Waals surface area contributed by atoms with Gasteiger partial charge in [0.1, 0.15) is 10.6 Å². The second kappa shape index (κ2) is 9.05. The van der Waals surface area contributed by atoms with E-state index in [0.717, 1.165) is 15.3 Å². The smallest absolute Gasteiger partial charge is 0.316 e. The number of methoxy groups -OCH3 is 2. The van der Waals surface area contributed by atoms with Gasteiger partial charge in [-0.15, -0.1) is 21.5 Å². The number of rotatable bonds is 6. The molecule has 4 aromatic rings. The molecule has 3 aromatic heterocycles.